The predicted octanol–water partition coefficient (Wildman–Crippen LogP) is 0.554. The van der Waals surface area contributed by atoms with E-state index in [1.165, 1.54) is 5.56 Å². The van der Waals surface area contributed by atoms with Gasteiger partial charge in [-0.25, -0.2) is 0 Å². The first-order valence-corrected chi connectivity index (χ1v) is 5.90. The third kappa shape index (κ3) is 3.51. The second-order valence-electron chi connectivity index (χ2n) is 4.38. The molecule has 2 N–H and O–H groups in total. The van der Waals surface area contributed by atoms with Gasteiger partial charge in [0.1, 0.15) is 0 Å². The van der Waals surface area contributed by atoms with Crippen LogP contribution in [0.2, 0.25) is 0 Å². The topological polar surface area (TPSA) is 50.7 Å². The molecule has 1 aliphatic heterocycles. The smallest absolute Gasteiger partial charge is 0.0889 e. The van der Waals surface area contributed by atoms with E-state index >= 15 is 0 Å². The summed E-state index contributed by atoms with van der Waals surface area (Å²) in [6.45, 7) is 2.87. The lowest BCUT2D eigenvalue weighted by Crippen LogP contribution is -2.54. The summed E-state index contributed by atoms with van der Waals surface area (Å²) in [7, 11) is 0. The van der Waals surface area contributed by atoms with Gasteiger partial charge in [-0.05, 0) is 5.56 Å². The van der Waals surface area contributed by atoms with E-state index in [2.05, 4.69) is 17.4 Å². The average molecular weight is 237 g/mol. The lowest BCUT2D eigenvalue weighted by molar-refractivity contribution is 0.0389. The van der Waals surface area contributed by atoms with Gasteiger partial charge in [0.15, 0.2) is 0 Å². The second-order valence-corrected chi connectivity index (χ2v) is 4.38. The van der Waals surface area contributed by atoms with Crippen LogP contribution in [0.15, 0.2) is 30.3 Å². The summed E-state index contributed by atoms with van der Waals surface area (Å²) in [6, 6.07) is 10.1. The number of aliphatic hydroxyl groups excluding tert-OH is 1. The van der Waals surface area contributed by atoms with Crippen LogP contribution in [0.3, 0.4) is 0 Å². The first kappa shape index (κ1) is 12.5. The second kappa shape index (κ2) is 6.12. The Hall–Kier alpha value is -0.940. The summed E-state index contributed by atoms with van der Waals surface area (Å²) >= 11 is 0. The molecule has 94 valence electrons. The van der Waals surface area contributed by atoms with E-state index in [1.54, 1.807) is 0 Å². The van der Waals surface area contributed by atoms with Crippen LogP contribution in [0.5, 0.6) is 0 Å². The number of ether oxygens (including phenoxy) is 2. The van der Waals surface area contributed by atoms with E-state index in [9.17, 15) is 5.11 Å². The third-order valence-corrected chi connectivity index (χ3v) is 2.94. The van der Waals surface area contributed by atoms with Crippen LogP contribution in [0, 0.1) is 0 Å². The molecule has 4 nitrogen and oxygen atoms in total. The zero-order valence-corrected chi connectivity index (χ0v) is 9.89. The number of aliphatic hydroxyl groups is 1. The van der Waals surface area contributed by atoms with Crippen molar-refractivity contribution in [2.45, 2.75) is 12.1 Å². The SMILES string of the molecule is OCC1(NCc2ccccc2)COCCOC1. The summed E-state index contributed by atoms with van der Waals surface area (Å²) in [5, 5.41) is 12.9. The zero-order valence-electron chi connectivity index (χ0n) is 9.89. The molecule has 17 heavy (non-hydrogen) atoms. The fraction of sp³-hybridized carbons (Fsp3) is 0.538. The molecule has 0 unspecified atom stereocenters. The Labute approximate surface area is 102 Å². The van der Waals surface area contributed by atoms with Crippen molar-refractivity contribution in [2.24, 2.45) is 0 Å². The molecule has 0 amide bonds. The summed E-state index contributed by atoms with van der Waals surface area (Å²) in [5.41, 5.74) is 0.705. The van der Waals surface area contributed by atoms with Gasteiger partial charge in [0, 0.05) is 6.54 Å². The highest BCUT2D eigenvalue weighted by atomic mass is 16.5. The van der Waals surface area contributed by atoms with Gasteiger partial charge in [-0.1, -0.05) is 30.3 Å². The van der Waals surface area contributed by atoms with Crippen LogP contribution in [-0.2, 0) is 16.0 Å². The standard InChI is InChI=1S/C13H19NO3/c15-9-13(10-16-6-7-17-11-13)14-8-12-4-2-1-3-5-12/h1-5,14-15H,6-11H2. The minimum Gasteiger partial charge on any atom is -0.394 e. The van der Waals surface area contributed by atoms with Crippen molar-refractivity contribution in [3.63, 3.8) is 0 Å². The van der Waals surface area contributed by atoms with E-state index in [0.717, 1.165) is 0 Å². The van der Waals surface area contributed by atoms with Gasteiger partial charge in [0.05, 0.1) is 38.6 Å². The van der Waals surface area contributed by atoms with E-state index in [0.29, 0.717) is 33.0 Å². The zero-order chi connectivity index (χ0) is 12.0. The van der Waals surface area contributed by atoms with Crippen molar-refractivity contribution in [1.82, 2.24) is 5.32 Å². The molecule has 0 spiro atoms. The minimum absolute atomic E-state index is 0.0137. The summed E-state index contributed by atoms with van der Waals surface area (Å²) in [5.74, 6) is 0. The lowest BCUT2D eigenvalue weighted by Gasteiger charge is -2.30. The Kier molecular flexibility index (Phi) is 4.50. The van der Waals surface area contributed by atoms with Crippen molar-refractivity contribution in [1.29, 1.82) is 0 Å². The summed E-state index contributed by atoms with van der Waals surface area (Å²) < 4.78 is 10.9. The number of hydrogen-bond donors (Lipinski definition) is 2. The van der Waals surface area contributed by atoms with Gasteiger partial charge in [-0.15, -0.1) is 0 Å². The molecular weight excluding hydrogens is 218 g/mol. The molecule has 0 bridgehead atoms. The molecule has 2 rings (SSSR count). The maximum atomic E-state index is 9.52. The minimum atomic E-state index is -0.480. The Morgan fingerprint density at radius 1 is 1.12 bits per heavy atom. The number of benzene rings is 1. The van der Waals surface area contributed by atoms with Gasteiger partial charge in [-0.2, -0.15) is 0 Å². The molecule has 0 radical (unpaired) electrons. The van der Waals surface area contributed by atoms with E-state index in [4.69, 9.17) is 9.47 Å². The monoisotopic (exact) mass is 237 g/mol. The highest BCUT2D eigenvalue weighted by Gasteiger charge is 2.31. The molecule has 1 aliphatic rings. The third-order valence-electron chi connectivity index (χ3n) is 2.94. The van der Waals surface area contributed by atoms with Gasteiger partial charge in [0.2, 0.25) is 0 Å². The number of hydrogen-bond acceptors (Lipinski definition) is 4. The van der Waals surface area contributed by atoms with Crippen molar-refractivity contribution in [3.8, 4) is 0 Å². The van der Waals surface area contributed by atoms with E-state index < -0.39 is 5.54 Å². The lowest BCUT2D eigenvalue weighted by atomic mass is 10.0. The molecule has 0 saturated carbocycles. The van der Waals surface area contributed by atoms with Crippen molar-refractivity contribution in [3.05, 3.63) is 35.9 Å². The molecule has 1 aromatic carbocycles. The molecule has 0 aromatic heterocycles. The van der Waals surface area contributed by atoms with Crippen molar-refractivity contribution >= 4 is 0 Å². The molecular formula is C13H19NO3. The van der Waals surface area contributed by atoms with E-state index in [-0.39, 0.29) is 6.61 Å². The maximum Gasteiger partial charge on any atom is 0.0889 e. The molecule has 0 aliphatic carbocycles. The van der Waals surface area contributed by atoms with E-state index in [1.807, 2.05) is 18.2 Å². The summed E-state index contributed by atoms with van der Waals surface area (Å²) in [6.07, 6.45) is 0. The van der Waals surface area contributed by atoms with Gasteiger partial charge in [-0.3, -0.25) is 0 Å². The van der Waals surface area contributed by atoms with Gasteiger partial charge in [0.25, 0.3) is 0 Å². The molecule has 1 fully saturated rings. The van der Waals surface area contributed by atoms with Crippen LogP contribution in [0.1, 0.15) is 5.56 Å². The van der Waals surface area contributed by atoms with Gasteiger partial charge >= 0.3 is 0 Å². The quantitative estimate of drug-likeness (QED) is 0.803. The fourth-order valence-electron chi connectivity index (χ4n) is 1.83. The maximum absolute atomic E-state index is 9.52. The Bertz CT molecular complexity index is 321. The Morgan fingerprint density at radius 3 is 2.35 bits per heavy atom. The highest BCUT2D eigenvalue weighted by molar-refractivity contribution is 5.14. The normalized spacial score (nSPS) is 19.8. The summed E-state index contributed by atoms with van der Waals surface area (Å²) in [4.78, 5) is 0. The molecule has 1 heterocycles. The molecule has 1 aromatic rings. The highest BCUT2D eigenvalue weighted by Crippen LogP contribution is 2.11. The molecule has 0 atom stereocenters. The Morgan fingerprint density at radius 2 is 1.76 bits per heavy atom. The van der Waals surface area contributed by atoms with Crippen LogP contribution in [-0.4, -0.2) is 43.7 Å². The van der Waals surface area contributed by atoms with Crippen LogP contribution >= 0.6 is 0 Å². The average Bonchev–Trinajstić information content (AvgIpc) is 2.64. The van der Waals surface area contributed by atoms with Crippen LogP contribution in [0.4, 0.5) is 0 Å². The number of nitrogens with one attached hydrogen (secondary N) is 1. The molecule has 1 saturated heterocycles. The first-order valence-electron chi connectivity index (χ1n) is 5.90. The fourth-order valence-corrected chi connectivity index (χ4v) is 1.83. The van der Waals surface area contributed by atoms with Crippen LogP contribution in [0.25, 0.3) is 0 Å². The van der Waals surface area contributed by atoms with Crippen molar-refractivity contribution < 1.29 is 14.6 Å². The van der Waals surface area contributed by atoms with Crippen LogP contribution < -0.4 is 5.32 Å². The van der Waals surface area contributed by atoms with Crippen molar-refractivity contribution in [2.75, 3.05) is 33.0 Å². The largest absolute Gasteiger partial charge is 0.394 e. The first-order chi connectivity index (χ1) is 8.35. The molecule has 4 heteroatoms. The predicted molar refractivity (Wildman–Crippen MR) is 64.7 cm³/mol. The Balaban J connectivity index is 1.94. The van der Waals surface area contributed by atoms with Gasteiger partial charge < -0.3 is 19.9 Å². The number of rotatable bonds is 4.